The van der Waals surface area contributed by atoms with Crippen molar-refractivity contribution in [2.24, 2.45) is 5.73 Å². The van der Waals surface area contributed by atoms with E-state index in [0.29, 0.717) is 28.0 Å². The molecule has 0 saturated heterocycles. The van der Waals surface area contributed by atoms with Gasteiger partial charge in [0.25, 0.3) is 0 Å². The van der Waals surface area contributed by atoms with Crippen LogP contribution in [0.4, 0.5) is 4.39 Å². The summed E-state index contributed by atoms with van der Waals surface area (Å²) in [6, 6.07) is 9.44. The topological polar surface area (TPSA) is 59.1 Å². The molecular formula is C16H15Cl2FN2OS. The average Bonchev–Trinajstić information content (AvgIpc) is 2.48. The zero-order chi connectivity index (χ0) is 16.8. The zero-order valence-electron chi connectivity index (χ0n) is 12.1. The lowest BCUT2D eigenvalue weighted by Gasteiger charge is -2.14. The normalized spacial score (nSPS) is 10.6. The van der Waals surface area contributed by atoms with E-state index >= 15 is 0 Å². The van der Waals surface area contributed by atoms with Crippen LogP contribution in [0.5, 0.6) is 5.75 Å². The molecule has 0 aliphatic rings. The average molecular weight is 373 g/mol. The minimum absolute atomic E-state index is 0.0591. The van der Waals surface area contributed by atoms with Gasteiger partial charge in [-0.1, -0.05) is 47.1 Å². The van der Waals surface area contributed by atoms with Gasteiger partial charge in [0, 0.05) is 21.4 Å². The van der Waals surface area contributed by atoms with E-state index < -0.39 is 0 Å². The van der Waals surface area contributed by atoms with E-state index in [4.69, 9.17) is 39.1 Å². The van der Waals surface area contributed by atoms with E-state index in [1.54, 1.807) is 24.3 Å². The van der Waals surface area contributed by atoms with E-state index in [1.807, 2.05) is 0 Å². The highest BCUT2D eigenvalue weighted by Crippen LogP contribution is 2.32. The van der Waals surface area contributed by atoms with Gasteiger partial charge in [-0.25, -0.2) is 4.39 Å². The number of benzene rings is 2. The highest BCUT2D eigenvalue weighted by molar-refractivity contribution is 8.13. The fourth-order valence-electron chi connectivity index (χ4n) is 1.96. The molecule has 0 unspecified atom stereocenters. The summed E-state index contributed by atoms with van der Waals surface area (Å²) in [5.41, 5.74) is 6.99. The molecule has 0 aliphatic heterocycles. The molecule has 122 valence electrons. The van der Waals surface area contributed by atoms with E-state index in [0.717, 1.165) is 11.1 Å². The first kappa shape index (κ1) is 17.9. The summed E-state index contributed by atoms with van der Waals surface area (Å²) in [4.78, 5) is 0. The second-order valence-corrected chi connectivity index (χ2v) is 6.72. The molecule has 3 N–H and O–H groups in total. The number of thioether (sulfide) groups is 1. The molecule has 0 aromatic heterocycles. The second-order valence-electron chi connectivity index (χ2n) is 4.74. The lowest BCUT2D eigenvalue weighted by molar-refractivity contribution is 0.303. The predicted octanol–water partition coefficient (Wildman–Crippen LogP) is 4.88. The second kappa shape index (κ2) is 8.43. The largest absolute Gasteiger partial charge is 0.489 e. The molecule has 2 aromatic rings. The van der Waals surface area contributed by atoms with Crippen molar-refractivity contribution < 1.29 is 9.13 Å². The van der Waals surface area contributed by atoms with Gasteiger partial charge in [0.1, 0.15) is 18.2 Å². The summed E-state index contributed by atoms with van der Waals surface area (Å²) in [5.74, 6) is 0.904. The molecule has 0 amide bonds. The van der Waals surface area contributed by atoms with Gasteiger partial charge in [-0.3, -0.25) is 5.41 Å². The third-order valence-electron chi connectivity index (χ3n) is 3.04. The number of halogens is 3. The van der Waals surface area contributed by atoms with Crippen LogP contribution in [0, 0.1) is 11.2 Å². The summed E-state index contributed by atoms with van der Waals surface area (Å²) in [6.45, 7) is 0.282. The maximum Gasteiger partial charge on any atom is 0.151 e. The Labute approximate surface area is 148 Å². The first-order chi connectivity index (χ1) is 11.0. The van der Waals surface area contributed by atoms with Gasteiger partial charge in [0.2, 0.25) is 0 Å². The SMILES string of the molecule is N=C(N)SCCc1c(Cl)cc(Cl)cc1OCc1ccc(F)cc1. The van der Waals surface area contributed by atoms with Crippen molar-refractivity contribution in [2.75, 3.05) is 5.75 Å². The number of rotatable bonds is 6. The monoisotopic (exact) mass is 372 g/mol. The molecule has 0 fully saturated rings. The Bertz CT molecular complexity index is 695. The fraction of sp³-hybridized carbons (Fsp3) is 0.188. The standard InChI is InChI=1S/C16H15Cl2FN2OS/c17-11-7-14(18)13(5-6-23-16(20)21)15(8-11)22-9-10-1-3-12(19)4-2-10/h1-4,7-8H,5-6,9H2,(H3,20,21). The molecule has 0 heterocycles. The molecule has 7 heteroatoms. The quantitative estimate of drug-likeness (QED) is 0.560. The lowest BCUT2D eigenvalue weighted by atomic mass is 10.1. The van der Waals surface area contributed by atoms with Crippen LogP contribution in [0.1, 0.15) is 11.1 Å². The molecule has 0 aliphatic carbocycles. The summed E-state index contributed by atoms with van der Waals surface area (Å²) < 4.78 is 18.7. The number of nitrogens with one attached hydrogen (secondary N) is 1. The highest BCUT2D eigenvalue weighted by Gasteiger charge is 2.11. The van der Waals surface area contributed by atoms with Crippen molar-refractivity contribution in [3.63, 3.8) is 0 Å². The number of hydrogen-bond acceptors (Lipinski definition) is 3. The Morgan fingerprint density at radius 3 is 2.57 bits per heavy atom. The van der Waals surface area contributed by atoms with Crippen molar-refractivity contribution in [2.45, 2.75) is 13.0 Å². The molecule has 0 bridgehead atoms. The van der Waals surface area contributed by atoms with Crippen LogP contribution in [0.2, 0.25) is 10.0 Å². The molecule has 0 saturated carbocycles. The van der Waals surface area contributed by atoms with Crippen LogP contribution in [0.15, 0.2) is 36.4 Å². The summed E-state index contributed by atoms with van der Waals surface area (Å²) >= 11 is 13.5. The smallest absolute Gasteiger partial charge is 0.151 e. The predicted molar refractivity (Wildman–Crippen MR) is 95.3 cm³/mol. The molecule has 0 atom stereocenters. The third kappa shape index (κ3) is 5.61. The van der Waals surface area contributed by atoms with E-state index in [2.05, 4.69) is 0 Å². The number of hydrogen-bond donors (Lipinski definition) is 2. The maximum absolute atomic E-state index is 12.9. The van der Waals surface area contributed by atoms with Crippen LogP contribution in [-0.2, 0) is 13.0 Å². The third-order valence-corrected chi connectivity index (χ3v) is 4.31. The van der Waals surface area contributed by atoms with Crippen LogP contribution in [-0.4, -0.2) is 10.9 Å². The maximum atomic E-state index is 12.9. The Morgan fingerprint density at radius 2 is 1.91 bits per heavy atom. The summed E-state index contributed by atoms with van der Waals surface area (Å²) in [5, 5.41) is 8.28. The van der Waals surface area contributed by atoms with Gasteiger partial charge >= 0.3 is 0 Å². The molecule has 23 heavy (non-hydrogen) atoms. The van der Waals surface area contributed by atoms with Gasteiger partial charge < -0.3 is 10.5 Å². The van der Waals surface area contributed by atoms with Crippen molar-refractivity contribution >= 4 is 40.1 Å². The molecular weight excluding hydrogens is 358 g/mol. The first-order valence-corrected chi connectivity index (χ1v) is 8.52. The summed E-state index contributed by atoms with van der Waals surface area (Å²) in [7, 11) is 0. The Hall–Kier alpha value is -1.43. The van der Waals surface area contributed by atoms with Crippen molar-refractivity contribution in [1.82, 2.24) is 0 Å². The van der Waals surface area contributed by atoms with Crippen LogP contribution < -0.4 is 10.5 Å². The van der Waals surface area contributed by atoms with E-state index in [-0.39, 0.29) is 17.6 Å². The Balaban J connectivity index is 2.12. The van der Waals surface area contributed by atoms with Gasteiger partial charge in [-0.15, -0.1) is 0 Å². The minimum Gasteiger partial charge on any atom is -0.489 e. The van der Waals surface area contributed by atoms with Gasteiger partial charge in [-0.05, 0) is 36.2 Å². The van der Waals surface area contributed by atoms with Gasteiger partial charge in [0.05, 0.1) is 0 Å². The number of amidine groups is 1. The Morgan fingerprint density at radius 1 is 1.22 bits per heavy atom. The van der Waals surface area contributed by atoms with Crippen molar-refractivity contribution in [3.05, 3.63) is 63.4 Å². The zero-order valence-corrected chi connectivity index (χ0v) is 14.4. The Kier molecular flexibility index (Phi) is 6.57. The number of nitrogens with two attached hydrogens (primary N) is 1. The minimum atomic E-state index is -0.290. The summed E-state index contributed by atoms with van der Waals surface area (Å²) in [6.07, 6.45) is 0.596. The van der Waals surface area contributed by atoms with Crippen molar-refractivity contribution in [1.29, 1.82) is 5.41 Å². The number of ether oxygens (including phenoxy) is 1. The molecule has 0 spiro atoms. The van der Waals surface area contributed by atoms with E-state index in [9.17, 15) is 4.39 Å². The van der Waals surface area contributed by atoms with E-state index in [1.165, 1.54) is 23.9 Å². The molecule has 0 radical (unpaired) electrons. The first-order valence-electron chi connectivity index (χ1n) is 6.77. The van der Waals surface area contributed by atoms with Gasteiger partial charge in [0.15, 0.2) is 5.17 Å². The van der Waals surface area contributed by atoms with Crippen LogP contribution in [0.3, 0.4) is 0 Å². The lowest BCUT2D eigenvalue weighted by Crippen LogP contribution is -2.06. The molecule has 3 nitrogen and oxygen atoms in total. The van der Waals surface area contributed by atoms with Gasteiger partial charge in [-0.2, -0.15) is 0 Å². The highest BCUT2D eigenvalue weighted by atomic mass is 35.5. The van der Waals surface area contributed by atoms with Crippen LogP contribution in [0.25, 0.3) is 0 Å². The molecule has 2 aromatic carbocycles. The van der Waals surface area contributed by atoms with Crippen LogP contribution >= 0.6 is 35.0 Å². The molecule has 2 rings (SSSR count). The fourth-order valence-corrected chi connectivity index (χ4v) is 3.05. The van der Waals surface area contributed by atoms with Crippen molar-refractivity contribution in [3.8, 4) is 5.75 Å².